The fourth-order valence-corrected chi connectivity index (χ4v) is 1.79. The molecule has 1 rings (SSSR count). The average Bonchev–Trinajstić information content (AvgIpc) is 2.30. The summed E-state index contributed by atoms with van der Waals surface area (Å²) in [6, 6.07) is 0.412. The van der Waals surface area contributed by atoms with E-state index in [0.717, 1.165) is 12.8 Å². The van der Waals surface area contributed by atoms with Crippen molar-refractivity contribution in [2.75, 3.05) is 0 Å². The second-order valence-corrected chi connectivity index (χ2v) is 3.81. The van der Waals surface area contributed by atoms with Gasteiger partial charge in [-0.25, -0.2) is 0 Å². The third-order valence-electron chi connectivity index (χ3n) is 2.31. The van der Waals surface area contributed by atoms with Crippen molar-refractivity contribution in [1.82, 2.24) is 4.90 Å². The van der Waals surface area contributed by atoms with Crippen LogP contribution < -0.4 is 0 Å². The van der Waals surface area contributed by atoms with E-state index >= 15 is 0 Å². The zero-order chi connectivity index (χ0) is 9.14. The van der Waals surface area contributed by atoms with E-state index in [2.05, 4.69) is 20.4 Å². The first-order chi connectivity index (χ1) is 5.65. The topological polar surface area (TPSA) is 20.3 Å². The van der Waals surface area contributed by atoms with Gasteiger partial charge in [-0.05, 0) is 25.0 Å². The van der Waals surface area contributed by atoms with Gasteiger partial charge in [0.1, 0.15) is 0 Å². The first-order valence-electron chi connectivity index (χ1n) is 4.59. The van der Waals surface area contributed by atoms with Crippen LogP contribution in [-0.4, -0.2) is 16.8 Å². The largest absolute Gasteiger partial charge is 0.317 e. The summed E-state index contributed by atoms with van der Waals surface area (Å²) >= 11 is 0. The summed E-state index contributed by atoms with van der Waals surface area (Å²) in [5.41, 5.74) is 0. The first kappa shape index (κ1) is 9.30. The molecule has 2 nitrogen and oxygen atoms in total. The van der Waals surface area contributed by atoms with E-state index < -0.39 is 0 Å². The molecule has 0 aliphatic carbocycles. The first-order valence-corrected chi connectivity index (χ1v) is 4.59. The van der Waals surface area contributed by atoms with Crippen molar-refractivity contribution in [3.8, 4) is 0 Å². The number of nitrogens with zero attached hydrogens (tertiary/aromatic N) is 1. The highest BCUT2D eigenvalue weighted by Gasteiger charge is 2.28. The molecular formula is C10H17NO. The van der Waals surface area contributed by atoms with Crippen LogP contribution in [0.15, 0.2) is 12.8 Å². The van der Waals surface area contributed by atoms with E-state index in [0.29, 0.717) is 18.4 Å². The standard InChI is InChI=1S/C10H17NO/c1-4-11-9(7-8(2)3)5-6-10(11)12/h4,8-9H,1,5-7H2,2-3H3. The maximum absolute atomic E-state index is 11.3. The molecule has 0 bridgehead atoms. The molecule has 0 aromatic carbocycles. The number of rotatable bonds is 3. The Labute approximate surface area is 74.2 Å². The Kier molecular flexibility index (Phi) is 2.90. The minimum atomic E-state index is 0.232. The molecule has 0 aromatic rings. The van der Waals surface area contributed by atoms with Crippen LogP contribution in [0.2, 0.25) is 0 Å². The quantitative estimate of drug-likeness (QED) is 0.630. The molecule has 1 fully saturated rings. The summed E-state index contributed by atoms with van der Waals surface area (Å²) in [5.74, 6) is 0.888. The molecule has 2 heteroatoms. The van der Waals surface area contributed by atoms with Gasteiger partial charge in [0.15, 0.2) is 0 Å². The molecular weight excluding hydrogens is 150 g/mol. The van der Waals surface area contributed by atoms with E-state index in [1.165, 1.54) is 0 Å². The van der Waals surface area contributed by atoms with Crippen LogP contribution in [0.25, 0.3) is 0 Å². The highest BCUT2D eigenvalue weighted by Crippen LogP contribution is 2.24. The Morgan fingerprint density at radius 2 is 2.42 bits per heavy atom. The SMILES string of the molecule is C=CN1C(=O)CCC1CC(C)C. The minimum absolute atomic E-state index is 0.232. The Bertz CT molecular complexity index is 186. The molecule has 0 radical (unpaired) electrons. The molecule has 0 saturated carbocycles. The molecule has 0 aromatic heterocycles. The third-order valence-corrected chi connectivity index (χ3v) is 2.31. The van der Waals surface area contributed by atoms with Crippen LogP contribution in [0.3, 0.4) is 0 Å². The maximum Gasteiger partial charge on any atom is 0.226 e. The zero-order valence-corrected chi connectivity index (χ0v) is 7.92. The lowest BCUT2D eigenvalue weighted by Crippen LogP contribution is -2.28. The summed E-state index contributed by atoms with van der Waals surface area (Å²) in [6.07, 6.45) is 4.46. The predicted octanol–water partition coefficient (Wildman–Crippen LogP) is 2.17. The van der Waals surface area contributed by atoms with E-state index in [1.54, 1.807) is 11.1 Å². The van der Waals surface area contributed by atoms with Crippen LogP contribution >= 0.6 is 0 Å². The van der Waals surface area contributed by atoms with Crippen molar-refractivity contribution in [1.29, 1.82) is 0 Å². The van der Waals surface area contributed by atoms with E-state index in [1.807, 2.05) is 0 Å². The Hall–Kier alpha value is -0.790. The molecule has 1 heterocycles. The van der Waals surface area contributed by atoms with Gasteiger partial charge in [0, 0.05) is 12.5 Å². The second kappa shape index (κ2) is 3.74. The monoisotopic (exact) mass is 167 g/mol. The number of amides is 1. The second-order valence-electron chi connectivity index (χ2n) is 3.81. The number of hydrogen-bond donors (Lipinski definition) is 0. The van der Waals surface area contributed by atoms with Crippen molar-refractivity contribution in [2.24, 2.45) is 5.92 Å². The van der Waals surface area contributed by atoms with Crippen LogP contribution in [0, 0.1) is 5.92 Å². The lowest BCUT2D eigenvalue weighted by molar-refractivity contribution is -0.126. The fourth-order valence-electron chi connectivity index (χ4n) is 1.79. The highest BCUT2D eigenvalue weighted by atomic mass is 16.2. The fraction of sp³-hybridized carbons (Fsp3) is 0.700. The Balaban J connectivity index is 2.54. The third kappa shape index (κ3) is 1.87. The summed E-state index contributed by atoms with van der Waals surface area (Å²) in [6.45, 7) is 8.02. The van der Waals surface area contributed by atoms with Crippen molar-refractivity contribution in [3.63, 3.8) is 0 Å². The van der Waals surface area contributed by atoms with Crippen LogP contribution in [-0.2, 0) is 4.79 Å². The van der Waals surface area contributed by atoms with Gasteiger partial charge in [0.2, 0.25) is 5.91 Å². The Morgan fingerprint density at radius 1 is 1.75 bits per heavy atom. The average molecular weight is 167 g/mol. The van der Waals surface area contributed by atoms with Gasteiger partial charge in [0.25, 0.3) is 0 Å². The number of carbonyl (C=O) groups is 1. The predicted molar refractivity (Wildman–Crippen MR) is 49.5 cm³/mol. The molecule has 12 heavy (non-hydrogen) atoms. The highest BCUT2D eigenvalue weighted by molar-refractivity contribution is 5.79. The van der Waals surface area contributed by atoms with Crippen molar-refractivity contribution in [2.45, 2.75) is 39.2 Å². The van der Waals surface area contributed by atoms with Crippen LogP contribution in [0.5, 0.6) is 0 Å². The van der Waals surface area contributed by atoms with Gasteiger partial charge in [-0.1, -0.05) is 20.4 Å². The van der Waals surface area contributed by atoms with Crippen molar-refractivity contribution >= 4 is 5.91 Å². The normalized spacial score (nSPS) is 23.8. The summed E-state index contributed by atoms with van der Waals surface area (Å²) in [7, 11) is 0. The molecule has 1 atom stereocenters. The molecule has 1 aliphatic heterocycles. The van der Waals surface area contributed by atoms with Crippen LogP contribution in [0.4, 0.5) is 0 Å². The van der Waals surface area contributed by atoms with Crippen LogP contribution in [0.1, 0.15) is 33.1 Å². The van der Waals surface area contributed by atoms with E-state index in [-0.39, 0.29) is 5.91 Å². The molecule has 1 amide bonds. The van der Waals surface area contributed by atoms with Crippen molar-refractivity contribution < 1.29 is 4.79 Å². The van der Waals surface area contributed by atoms with Gasteiger partial charge in [-0.2, -0.15) is 0 Å². The molecule has 1 unspecified atom stereocenters. The number of carbonyl (C=O) groups excluding carboxylic acids is 1. The zero-order valence-electron chi connectivity index (χ0n) is 7.92. The van der Waals surface area contributed by atoms with Gasteiger partial charge in [-0.15, -0.1) is 0 Å². The maximum atomic E-state index is 11.3. The minimum Gasteiger partial charge on any atom is -0.317 e. The summed E-state index contributed by atoms with van der Waals surface area (Å²) < 4.78 is 0. The molecule has 1 aliphatic rings. The lowest BCUT2D eigenvalue weighted by atomic mass is 10.0. The molecule has 1 saturated heterocycles. The summed E-state index contributed by atoms with van der Waals surface area (Å²) in [5, 5.41) is 0. The molecule has 68 valence electrons. The van der Waals surface area contributed by atoms with Crippen molar-refractivity contribution in [3.05, 3.63) is 12.8 Å². The van der Waals surface area contributed by atoms with Gasteiger partial charge in [0.05, 0.1) is 0 Å². The Morgan fingerprint density at radius 3 is 2.92 bits per heavy atom. The molecule has 0 N–H and O–H groups in total. The van der Waals surface area contributed by atoms with Gasteiger partial charge >= 0.3 is 0 Å². The van der Waals surface area contributed by atoms with E-state index in [4.69, 9.17) is 0 Å². The van der Waals surface area contributed by atoms with Gasteiger partial charge < -0.3 is 4.90 Å². The lowest BCUT2D eigenvalue weighted by Gasteiger charge is -2.21. The van der Waals surface area contributed by atoms with Gasteiger partial charge in [-0.3, -0.25) is 4.79 Å². The van der Waals surface area contributed by atoms with E-state index in [9.17, 15) is 4.79 Å². The summed E-state index contributed by atoms with van der Waals surface area (Å²) in [4.78, 5) is 13.0. The number of hydrogen-bond acceptors (Lipinski definition) is 1. The molecule has 0 spiro atoms. The smallest absolute Gasteiger partial charge is 0.226 e. The number of likely N-dealkylation sites (tertiary alicyclic amines) is 1.